The van der Waals surface area contributed by atoms with Crippen LogP contribution in [-0.4, -0.2) is 28.9 Å². The first-order valence-electron chi connectivity index (χ1n) is 6.39. The molecule has 0 unspecified atom stereocenters. The molecule has 0 spiro atoms. The van der Waals surface area contributed by atoms with Crippen molar-refractivity contribution in [3.8, 4) is 11.5 Å². The fourth-order valence-electron chi connectivity index (χ4n) is 1.76. The lowest BCUT2D eigenvalue weighted by Crippen LogP contribution is -2.18. The molecule has 0 bridgehead atoms. The number of rotatable bonds is 6. The molecule has 0 radical (unpaired) electrons. The van der Waals surface area contributed by atoms with Crippen LogP contribution in [0.15, 0.2) is 58.5 Å². The Morgan fingerprint density at radius 1 is 1.05 bits per heavy atom. The predicted octanol–water partition coefficient (Wildman–Crippen LogP) is 2.02. The summed E-state index contributed by atoms with van der Waals surface area (Å²) in [5.74, 6) is 1.18. The quantitative estimate of drug-likeness (QED) is 0.652. The third kappa shape index (κ3) is 3.76. The largest absolute Gasteiger partial charge is 0.497 e. The number of nitrogens with zero attached hydrogens (tertiary/aromatic N) is 1. The zero-order valence-corrected chi connectivity index (χ0v) is 13.0. The second kappa shape index (κ2) is 6.95. The van der Waals surface area contributed by atoms with Crippen LogP contribution in [0.5, 0.6) is 11.5 Å². The van der Waals surface area contributed by atoms with Crippen LogP contribution in [0.25, 0.3) is 0 Å². The highest BCUT2D eigenvalue weighted by atomic mass is 32.2. The number of sulfonamides is 1. The van der Waals surface area contributed by atoms with Crippen molar-refractivity contribution < 1.29 is 17.9 Å². The number of benzene rings is 2. The molecule has 0 aliphatic heterocycles. The number of methoxy groups -OCH3 is 2. The van der Waals surface area contributed by atoms with Crippen LogP contribution in [0.3, 0.4) is 0 Å². The van der Waals surface area contributed by atoms with E-state index >= 15 is 0 Å². The Morgan fingerprint density at radius 3 is 2.41 bits per heavy atom. The maximum atomic E-state index is 12.0. The standard InChI is InChI=1S/C15H16N2O4S/c1-20-13-8-9-15(21-2)12(10-13)11-16-17-22(18,19)14-6-4-3-5-7-14/h3-11,17H,1-2H3. The minimum atomic E-state index is -3.69. The lowest BCUT2D eigenvalue weighted by atomic mass is 10.2. The van der Waals surface area contributed by atoms with Crippen LogP contribution in [0.2, 0.25) is 0 Å². The van der Waals surface area contributed by atoms with Crippen molar-refractivity contribution in [1.29, 1.82) is 0 Å². The molecule has 0 aliphatic carbocycles. The highest BCUT2D eigenvalue weighted by Gasteiger charge is 2.11. The summed E-state index contributed by atoms with van der Waals surface area (Å²) in [5, 5.41) is 3.78. The van der Waals surface area contributed by atoms with E-state index in [-0.39, 0.29) is 4.90 Å². The second-order valence-corrected chi connectivity index (χ2v) is 5.93. The van der Waals surface area contributed by atoms with Gasteiger partial charge in [0, 0.05) is 5.56 Å². The summed E-state index contributed by atoms with van der Waals surface area (Å²) in [6.07, 6.45) is 1.36. The third-order valence-electron chi connectivity index (χ3n) is 2.87. The Bertz CT molecular complexity index is 758. The Balaban J connectivity index is 2.19. The normalized spacial score (nSPS) is 11.4. The molecule has 0 aliphatic rings. The average molecular weight is 320 g/mol. The van der Waals surface area contributed by atoms with E-state index in [2.05, 4.69) is 9.93 Å². The summed E-state index contributed by atoms with van der Waals surface area (Å²) in [6.45, 7) is 0. The van der Waals surface area contributed by atoms with Crippen molar-refractivity contribution in [3.05, 3.63) is 54.1 Å². The molecule has 22 heavy (non-hydrogen) atoms. The molecule has 6 nitrogen and oxygen atoms in total. The molecule has 2 aromatic carbocycles. The first-order valence-corrected chi connectivity index (χ1v) is 7.87. The van der Waals surface area contributed by atoms with Crippen molar-refractivity contribution in [2.45, 2.75) is 4.90 Å². The summed E-state index contributed by atoms with van der Waals surface area (Å²) in [4.78, 5) is 2.30. The molecule has 116 valence electrons. The van der Waals surface area contributed by atoms with E-state index < -0.39 is 10.0 Å². The zero-order valence-electron chi connectivity index (χ0n) is 12.2. The highest BCUT2D eigenvalue weighted by Crippen LogP contribution is 2.22. The molecule has 0 saturated heterocycles. The zero-order chi connectivity index (χ0) is 16.0. The van der Waals surface area contributed by atoms with Gasteiger partial charge in [-0.15, -0.1) is 0 Å². The van der Waals surface area contributed by atoms with Crippen LogP contribution in [0.1, 0.15) is 5.56 Å². The van der Waals surface area contributed by atoms with Gasteiger partial charge in [0.05, 0.1) is 25.3 Å². The molecule has 0 aromatic heterocycles. The first kappa shape index (κ1) is 15.8. The summed E-state index contributed by atoms with van der Waals surface area (Å²) in [5.41, 5.74) is 0.595. The van der Waals surface area contributed by atoms with Crippen LogP contribution in [0, 0.1) is 0 Å². The molecule has 0 fully saturated rings. The Morgan fingerprint density at radius 2 is 1.77 bits per heavy atom. The monoisotopic (exact) mass is 320 g/mol. The molecule has 2 rings (SSSR count). The predicted molar refractivity (Wildman–Crippen MR) is 83.9 cm³/mol. The Kier molecular flexibility index (Phi) is 5.00. The summed E-state index contributed by atoms with van der Waals surface area (Å²) < 4.78 is 34.3. The van der Waals surface area contributed by atoms with E-state index in [1.165, 1.54) is 25.5 Å². The van der Waals surface area contributed by atoms with Gasteiger partial charge >= 0.3 is 0 Å². The Labute approximate surface area is 129 Å². The minimum Gasteiger partial charge on any atom is -0.497 e. The summed E-state index contributed by atoms with van der Waals surface area (Å²) in [7, 11) is -0.622. The molecule has 0 heterocycles. The molecule has 0 amide bonds. The van der Waals surface area contributed by atoms with Gasteiger partial charge in [-0.3, -0.25) is 0 Å². The lowest BCUT2D eigenvalue weighted by Gasteiger charge is -2.07. The SMILES string of the molecule is COc1ccc(OC)c(C=NNS(=O)(=O)c2ccccc2)c1. The van der Waals surface area contributed by atoms with Gasteiger partial charge in [0.2, 0.25) is 0 Å². The van der Waals surface area contributed by atoms with Crippen LogP contribution >= 0.6 is 0 Å². The number of nitrogens with one attached hydrogen (secondary N) is 1. The number of ether oxygens (including phenoxy) is 2. The van der Waals surface area contributed by atoms with E-state index in [9.17, 15) is 8.42 Å². The maximum Gasteiger partial charge on any atom is 0.276 e. The fourth-order valence-corrected chi connectivity index (χ4v) is 2.57. The molecule has 0 atom stereocenters. The van der Waals surface area contributed by atoms with Crippen molar-refractivity contribution in [1.82, 2.24) is 4.83 Å². The molecular formula is C15H16N2O4S. The van der Waals surface area contributed by atoms with Gasteiger partial charge in [-0.2, -0.15) is 13.5 Å². The van der Waals surface area contributed by atoms with Gasteiger partial charge < -0.3 is 9.47 Å². The molecule has 1 N–H and O–H groups in total. The first-order chi connectivity index (χ1) is 10.6. The topological polar surface area (TPSA) is 77.0 Å². The third-order valence-corrected chi connectivity index (χ3v) is 4.11. The maximum absolute atomic E-state index is 12.0. The van der Waals surface area contributed by atoms with E-state index in [1.807, 2.05) is 0 Å². The number of hydrogen-bond acceptors (Lipinski definition) is 5. The van der Waals surface area contributed by atoms with Crippen LogP contribution < -0.4 is 14.3 Å². The van der Waals surface area contributed by atoms with E-state index in [4.69, 9.17) is 9.47 Å². The Hall–Kier alpha value is -2.54. The van der Waals surface area contributed by atoms with Crippen molar-refractivity contribution in [2.24, 2.45) is 5.10 Å². The van der Waals surface area contributed by atoms with Gasteiger partial charge in [-0.1, -0.05) is 18.2 Å². The van der Waals surface area contributed by atoms with E-state index in [0.717, 1.165) is 0 Å². The second-order valence-electron chi connectivity index (χ2n) is 4.27. The lowest BCUT2D eigenvalue weighted by molar-refractivity contribution is 0.402. The highest BCUT2D eigenvalue weighted by molar-refractivity contribution is 7.89. The molecule has 0 saturated carbocycles. The van der Waals surface area contributed by atoms with Gasteiger partial charge in [0.25, 0.3) is 10.0 Å². The van der Waals surface area contributed by atoms with Gasteiger partial charge in [-0.25, -0.2) is 4.83 Å². The van der Waals surface area contributed by atoms with E-state index in [1.54, 1.807) is 43.5 Å². The summed E-state index contributed by atoms with van der Waals surface area (Å²) >= 11 is 0. The number of hydrogen-bond donors (Lipinski definition) is 1. The van der Waals surface area contributed by atoms with Crippen LogP contribution in [0.4, 0.5) is 0 Å². The fraction of sp³-hybridized carbons (Fsp3) is 0.133. The van der Waals surface area contributed by atoms with Crippen molar-refractivity contribution in [2.75, 3.05) is 14.2 Å². The number of hydrazone groups is 1. The van der Waals surface area contributed by atoms with Crippen molar-refractivity contribution >= 4 is 16.2 Å². The minimum absolute atomic E-state index is 0.143. The summed E-state index contributed by atoms with van der Waals surface area (Å²) in [6, 6.07) is 13.2. The van der Waals surface area contributed by atoms with Crippen LogP contribution in [-0.2, 0) is 10.0 Å². The molecule has 2 aromatic rings. The average Bonchev–Trinajstić information content (AvgIpc) is 2.55. The van der Waals surface area contributed by atoms with Crippen molar-refractivity contribution in [3.63, 3.8) is 0 Å². The van der Waals surface area contributed by atoms with Gasteiger partial charge in [-0.05, 0) is 30.3 Å². The molecular weight excluding hydrogens is 304 g/mol. The van der Waals surface area contributed by atoms with E-state index in [0.29, 0.717) is 17.1 Å². The van der Waals surface area contributed by atoms with Gasteiger partial charge in [0.1, 0.15) is 11.5 Å². The van der Waals surface area contributed by atoms with Gasteiger partial charge in [0.15, 0.2) is 0 Å². The smallest absolute Gasteiger partial charge is 0.276 e. The molecule has 7 heteroatoms.